The maximum absolute atomic E-state index is 12.0. The lowest BCUT2D eigenvalue weighted by molar-refractivity contribution is -0.118. The number of nitrogens with zero attached hydrogens (tertiary/aromatic N) is 2. The van der Waals surface area contributed by atoms with Gasteiger partial charge in [-0.15, -0.1) is 0 Å². The molecule has 0 saturated carbocycles. The van der Waals surface area contributed by atoms with Crippen molar-refractivity contribution in [1.29, 1.82) is 0 Å². The van der Waals surface area contributed by atoms with Crippen LogP contribution in [0.15, 0.2) is 23.4 Å². The minimum absolute atomic E-state index is 0.0812. The second-order valence-corrected chi connectivity index (χ2v) is 6.74. The zero-order valence-corrected chi connectivity index (χ0v) is 17.3. The summed E-state index contributed by atoms with van der Waals surface area (Å²) in [6.07, 6.45) is 0. The Hall–Kier alpha value is -2.10. The summed E-state index contributed by atoms with van der Waals surface area (Å²) >= 11 is 1.35. The molecule has 9 heteroatoms. The van der Waals surface area contributed by atoms with E-state index in [0.29, 0.717) is 55.8 Å². The highest BCUT2D eigenvalue weighted by Crippen LogP contribution is 2.25. The number of thioether (sulfide) groups is 1. The fourth-order valence-corrected chi connectivity index (χ4v) is 3.42. The van der Waals surface area contributed by atoms with Gasteiger partial charge in [-0.1, -0.05) is 11.8 Å². The van der Waals surface area contributed by atoms with Gasteiger partial charge in [-0.05, 0) is 32.0 Å². The summed E-state index contributed by atoms with van der Waals surface area (Å²) in [6.45, 7) is 6.71. The van der Waals surface area contributed by atoms with E-state index in [4.69, 9.17) is 14.2 Å². The fourth-order valence-electron chi connectivity index (χ4n) is 2.55. The zero-order valence-electron chi connectivity index (χ0n) is 16.5. The number of methoxy groups -OCH3 is 1. The van der Waals surface area contributed by atoms with Gasteiger partial charge in [-0.25, -0.2) is 9.78 Å². The number of imidazole rings is 1. The molecule has 0 saturated heterocycles. The smallest absolute Gasteiger partial charge is 0.338 e. The van der Waals surface area contributed by atoms with Crippen molar-refractivity contribution in [2.45, 2.75) is 25.5 Å². The number of ether oxygens (including phenoxy) is 3. The van der Waals surface area contributed by atoms with Crippen LogP contribution >= 0.6 is 11.8 Å². The SMILES string of the molecule is CCOCCNC(=O)CSc1nc2cc(C(=O)OCC)ccc2n1CCOC. The third-order valence-corrected chi connectivity index (χ3v) is 4.82. The van der Waals surface area contributed by atoms with Crippen molar-refractivity contribution in [1.82, 2.24) is 14.9 Å². The van der Waals surface area contributed by atoms with Gasteiger partial charge in [0, 0.05) is 26.8 Å². The molecule has 0 unspecified atom stereocenters. The number of esters is 1. The number of benzene rings is 1. The monoisotopic (exact) mass is 409 g/mol. The van der Waals surface area contributed by atoms with Gasteiger partial charge >= 0.3 is 5.97 Å². The van der Waals surface area contributed by atoms with Gasteiger partial charge in [0.1, 0.15) is 0 Å². The average molecular weight is 410 g/mol. The third kappa shape index (κ3) is 6.22. The molecule has 2 rings (SSSR count). The molecular formula is C19H27N3O5S. The Labute approximate surface area is 168 Å². The van der Waals surface area contributed by atoms with Crippen LogP contribution in [-0.4, -0.2) is 67.3 Å². The molecular weight excluding hydrogens is 382 g/mol. The van der Waals surface area contributed by atoms with E-state index in [2.05, 4.69) is 10.3 Å². The molecule has 0 atom stereocenters. The number of nitrogens with one attached hydrogen (secondary N) is 1. The van der Waals surface area contributed by atoms with Gasteiger partial charge < -0.3 is 24.1 Å². The Kier molecular flexibility index (Phi) is 9.26. The van der Waals surface area contributed by atoms with Crippen molar-refractivity contribution in [3.05, 3.63) is 23.8 Å². The molecule has 1 N–H and O–H groups in total. The zero-order chi connectivity index (χ0) is 20.4. The molecule has 1 amide bonds. The van der Waals surface area contributed by atoms with Gasteiger partial charge in [0.05, 0.1) is 42.2 Å². The number of hydrogen-bond donors (Lipinski definition) is 1. The van der Waals surface area contributed by atoms with Gasteiger partial charge in [0.15, 0.2) is 5.16 Å². The summed E-state index contributed by atoms with van der Waals surface area (Å²) in [5, 5.41) is 3.52. The van der Waals surface area contributed by atoms with E-state index in [1.165, 1.54) is 11.8 Å². The molecule has 1 aromatic carbocycles. The Morgan fingerprint density at radius 2 is 2.04 bits per heavy atom. The quantitative estimate of drug-likeness (QED) is 0.326. The van der Waals surface area contributed by atoms with Crippen LogP contribution in [0.4, 0.5) is 0 Å². The normalized spacial score (nSPS) is 11.0. The molecule has 2 aromatic rings. The Morgan fingerprint density at radius 3 is 2.75 bits per heavy atom. The molecule has 0 radical (unpaired) electrons. The molecule has 0 aliphatic rings. The van der Waals surface area contributed by atoms with E-state index in [0.717, 1.165) is 5.52 Å². The lowest BCUT2D eigenvalue weighted by atomic mass is 10.2. The molecule has 1 heterocycles. The summed E-state index contributed by atoms with van der Waals surface area (Å²) in [4.78, 5) is 28.6. The van der Waals surface area contributed by atoms with E-state index in [1.54, 1.807) is 26.2 Å². The average Bonchev–Trinajstić information content (AvgIpc) is 3.04. The van der Waals surface area contributed by atoms with Crippen LogP contribution in [0.5, 0.6) is 0 Å². The molecule has 28 heavy (non-hydrogen) atoms. The highest BCUT2D eigenvalue weighted by atomic mass is 32.2. The first-order valence-corrected chi connectivity index (χ1v) is 10.2. The Bertz CT molecular complexity index is 793. The van der Waals surface area contributed by atoms with Gasteiger partial charge in [-0.2, -0.15) is 0 Å². The first-order valence-electron chi connectivity index (χ1n) is 9.24. The van der Waals surface area contributed by atoms with Crippen molar-refractivity contribution in [3.63, 3.8) is 0 Å². The Morgan fingerprint density at radius 1 is 1.21 bits per heavy atom. The molecule has 0 aliphatic carbocycles. The van der Waals surface area contributed by atoms with E-state index < -0.39 is 0 Å². The van der Waals surface area contributed by atoms with Crippen LogP contribution in [0.2, 0.25) is 0 Å². The molecule has 8 nitrogen and oxygen atoms in total. The molecule has 0 aliphatic heterocycles. The second kappa shape index (κ2) is 11.7. The fraction of sp³-hybridized carbons (Fsp3) is 0.526. The van der Waals surface area contributed by atoms with Gasteiger partial charge in [0.25, 0.3) is 0 Å². The number of fused-ring (bicyclic) bond motifs is 1. The summed E-state index contributed by atoms with van der Waals surface area (Å²) in [5.41, 5.74) is 2.02. The van der Waals surface area contributed by atoms with Crippen molar-refractivity contribution >= 4 is 34.7 Å². The largest absolute Gasteiger partial charge is 0.462 e. The lowest BCUT2D eigenvalue weighted by Crippen LogP contribution is -2.28. The van der Waals surface area contributed by atoms with Crippen LogP contribution in [0, 0.1) is 0 Å². The predicted octanol–water partition coefficient (Wildman–Crippen LogP) is 2.10. The second-order valence-electron chi connectivity index (χ2n) is 5.80. The van der Waals surface area contributed by atoms with Gasteiger partial charge in [0.2, 0.25) is 5.91 Å². The standard InChI is InChI=1S/C19H27N3O5S/c1-4-26-10-8-20-17(23)13-28-19-21-15-12-14(18(24)27-5-2)6-7-16(15)22(19)9-11-25-3/h6-7,12H,4-5,8-11,13H2,1-3H3,(H,20,23). The maximum atomic E-state index is 12.0. The Balaban J connectivity index is 2.13. The van der Waals surface area contributed by atoms with E-state index in [-0.39, 0.29) is 17.6 Å². The number of hydrogen-bond acceptors (Lipinski definition) is 7. The molecule has 0 bridgehead atoms. The first kappa shape index (κ1) is 22.2. The van der Waals surface area contributed by atoms with Crippen molar-refractivity contribution in [3.8, 4) is 0 Å². The van der Waals surface area contributed by atoms with E-state index in [1.807, 2.05) is 17.6 Å². The summed E-state index contributed by atoms with van der Waals surface area (Å²) < 4.78 is 17.4. The van der Waals surface area contributed by atoms with Crippen molar-refractivity contribution < 1.29 is 23.8 Å². The lowest BCUT2D eigenvalue weighted by Gasteiger charge is -2.09. The van der Waals surface area contributed by atoms with Crippen molar-refractivity contribution in [2.75, 3.05) is 45.8 Å². The third-order valence-electron chi connectivity index (χ3n) is 3.85. The topological polar surface area (TPSA) is 91.7 Å². The van der Waals surface area contributed by atoms with E-state index in [9.17, 15) is 9.59 Å². The molecule has 1 aromatic heterocycles. The summed E-state index contributed by atoms with van der Waals surface area (Å²) in [7, 11) is 1.64. The van der Waals surface area contributed by atoms with Crippen LogP contribution in [-0.2, 0) is 25.5 Å². The number of carbonyl (C=O) groups is 2. The highest BCUT2D eigenvalue weighted by Gasteiger charge is 2.15. The van der Waals surface area contributed by atoms with Crippen LogP contribution in [0.1, 0.15) is 24.2 Å². The predicted molar refractivity (Wildman–Crippen MR) is 108 cm³/mol. The molecule has 154 valence electrons. The number of rotatable bonds is 12. The van der Waals surface area contributed by atoms with Gasteiger partial charge in [-0.3, -0.25) is 4.79 Å². The minimum atomic E-state index is -0.376. The van der Waals surface area contributed by atoms with Crippen LogP contribution in [0.25, 0.3) is 11.0 Å². The highest BCUT2D eigenvalue weighted by molar-refractivity contribution is 7.99. The summed E-state index contributed by atoms with van der Waals surface area (Å²) in [5.74, 6) is -0.214. The number of amides is 1. The maximum Gasteiger partial charge on any atom is 0.338 e. The van der Waals surface area contributed by atoms with Crippen molar-refractivity contribution in [2.24, 2.45) is 0 Å². The summed E-state index contributed by atoms with van der Waals surface area (Å²) in [6, 6.07) is 5.28. The minimum Gasteiger partial charge on any atom is -0.462 e. The van der Waals surface area contributed by atoms with Crippen LogP contribution < -0.4 is 5.32 Å². The number of carbonyl (C=O) groups excluding carboxylic acids is 2. The molecule has 0 spiro atoms. The molecule has 0 fully saturated rings. The van der Waals surface area contributed by atoms with E-state index >= 15 is 0 Å². The van der Waals surface area contributed by atoms with Crippen LogP contribution in [0.3, 0.4) is 0 Å². The first-order chi connectivity index (χ1) is 13.6. The number of aromatic nitrogens is 2.